The first-order chi connectivity index (χ1) is 13.2. The number of carbonyl (C=O) groups excluding carboxylic acids is 2. The van der Waals surface area contributed by atoms with Crippen molar-refractivity contribution < 1.29 is 18.4 Å². The first-order valence-electron chi connectivity index (χ1n) is 9.77. The van der Waals surface area contributed by atoms with E-state index < -0.39 is 0 Å². The van der Waals surface area contributed by atoms with Gasteiger partial charge < -0.3 is 8.83 Å². The maximum atomic E-state index is 12.9. The minimum absolute atomic E-state index is 0.0584. The molecule has 2 aromatic rings. The zero-order chi connectivity index (χ0) is 18.6. The highest BCUT2D eigenvalue weighted by atomic mass is 16.3. The fourth-order valence-electron chi connectivity index (χ4n) is 4.28. The minimum atomic E-state index is -0.0584. The van der Waals surface area contributed by atoms with Crippen LogP contribution in [0.15, 0.2) is 56.8 Å². The Bertz CT molecular complexity index is 780. The molecule has 140 valence electrons. The van der Waals surface area contributed by atoms with Crippen LogP contribution in [0.5, 0.6) is 0 Å². The molecule has 4 heteroatoms. The van der Waals surface area contributed by atoms with Crippen LogP contribution in [0.2, 0.25) is 0 Å². The average Bonchev–Trinajstić information content (AvgIpc) is 3.36. The van der Waals surface area contributed by atoms with Gasteiger partial charge in [0.1, 0.15) is 11.5 Å². The topological polar surface area (TPSA) is 60.4 Å². The van der Waals surface area contributed by atoms with Crippen LogP contribution in [0.4, 0.5) is 0 Å². The van der Waals surface area contributed by atoms with E-state index in [0.29, 0.717) is 6.42 Å². The molecule has 0 bridgehead atoms. The molecule has 2 aromatic heterocycles. The van der Waals surface area contributed by atoms with Crippen LogP contribution in [0, 0.1) is 11.8 Å². The molecule has 2 atom stereocenters. The minimum Gasteiger partial charge on any atom is -0.465 e. The second kappa shape index (κ2) is 7.95. The molecule has 0 radical (unpaired) electrons. The van der Waals surface area contributed by atoms with Crippen molar-refractivity contribution in [2.24, 2.45) is 11.8 Å². The largest absolute Gasteiger partial charge is 0.465 e. The lowest BCUT2D eigenvalue weighted by molar-refractivity contribution is -0.124. The van der Waals surface area contributed by atoms with Gasteiger partial charge in [-0.15, -0.1) is 0 Å². The van der Waals surface area contributed by atoms with Crippen LogP contribution in [-0.2, 0) is 9.59 Å². The van der Waals surface area contributed by atoms with Gasteiger partial charge in [0.2, 0.25) is 0 Å². The van der Waals surface area contributed by atoms with Gasteiger partial charge in [-0.3, -0.25) is 9.59 Å². The third-order valence-electron chi connectivity index (χ3n) is 5.66. The van der Waals surface area contributed by atoms with Crippen molar-refractivity contribution in [1.82, 2.24) is 0 Å². The molecule has 2 saturated carbocycles. The van der Waals surface area contributed by atoms with E-state index in [0.717, 1.165) is 61.2 Å². The lowest BCUT2D eigenvalue weighted by Crippen LogP contribution is -2.29. The fraction of sp³-hybridized carbons (Fsp3) is 0.391. The summed E-state index contributed by atoms with van der Waals surface area (Å²) in [6, 6.07) is 7.37. The standard InChI is InChI=1S/C23H24O4/c24-22-16(5-1-7-18(22)14-20-9-3-11-26-20)13-17-6-2-8-19(23(17)25)15-21-10-4-12-27-21/h3-4,9-12,14-17H,1-2,5-8,13H2. The molecule has 0 spiro atoms. The number of furan rings is 2. The summed E-state index contributed by atoms with van der Waals surface area (Å²) in [6.45, 7) is 0. The van der Waals surface area contributed by atoms with E-state index in [1.54, 1.807) is 12.5 Å². The van der Waals surface area contributed by atoms with E-state index >= 15 is 0 Å². The maximum absolute atomic E-state index is 12.9. The fourth-order valence-corrected chi connectivity index (χ4v) is 4.28. The molecule has 0 saturated heterocycles. The summed E-state index contributed by atoms with van der Waals surface area (Å²) in [6.07, 6.45) is 12.9. The van der Waals surface area contributed by atoms with Crippen molar-refractivity contribution in [3.8, 4) is 0 Å². The van der Waals surface area contributed by atoms with Gasteiger partial charge in [0.15, 0.2) is 11.6 Å². The van der Waals surface area contributed by atoms with Crippen LogP contribution in [0.1, 0.15) is 56.5 Å². The Morgan fingerprint density at radius 1 is 0.815 bits per heavy atom. The number of hydrogen-bond acceptors (Lipinski definition) is 4. The highest BCUT2D eigenvalue weighted by molar-refractivity contribution is 6.03. The molecule has 0 N–H and O–H groups in total. The van der Waals surface area contributed by atoms with Crippen molar-refractivity contribution in [2.45, 2.75) is 44.9 Å². The van der Waals surface area contributed by atoms with Crippen molar-refractivity contribution >= 4 is 23.7 Å². The van der Waals surface area contributed by atoms with Gasteiger partial charge in [-0.05, 0) is 92.5 Å². The zero-order valence-electron chi connectivity index (χ0n) is 15.4. The number of Topliss-reactive ketones (excluding diaryl/α,β-unsaturated/α-hetero) is 2. The second-order valence-corrected chi connectivity index (χ2v) is 7.51. The molecule has 2 heterocycles. The van der Waals surface area contributed by atoms with E-state index in [1.165, 1.54) is 0 Å². The van der Waals surface area contributed by atoms with Gasteiger partial charge in [-0.2, -0.15) is 0 Å². The molecule has 4 nitrogen and oxygen atoms in total. The zero-order valence-corrected chi connectivity index (χ0v) is 15.4. The number of rotatable bonds is 4. The smallest absolute Gasteiger partial charge is 0.162 e. The maximum Gasteiger partial charge on any atom is 0.162 e. The predicted molar refractivity (Wildman–Crippen MR) is 103 cm³/mol. The third kappa shape index (κ3) is 4.05. The lowest BCUT2D eigenvalue weighted by Gasteiger charge is -2.29. The monoisotopic (exact) mass is 364 g/mol. The summed E-state index contributed by atoms with van der Waals surface area (Å²) in [7, 11) is 0. The summed E-state index contributed by atoms with van der Waals surface area (Å²) in [5, 5.41) is 0. The highest BCUT2D eigenvalue weighted by Gasteiger charge is 2.34. The molecular weight excluding hydrogens is 340 g/mol. The van der Waals surface area contributed by atoms with Crippen molar-refractivity contribution in [3.63, 3.8) is 0 Å². The quantitative estimate of drug-likeness (QED) is 0.675. The Morgan fingerprint density at radius 3 is 1.70 bits per heavy atom. The van der Waals surface area contributed by atoms with Gasteiger partial charge in [-0.1, -0.05) is 0 Å². The van der Waals surface area contributed by atoms with Crippen LogP contribution >= 0.6 is 0 Å². The van der Waals surface area contributed by atoms with Crippen molar-refractivity contribution in [2.75, 3.05) is 0 Å². The van der Waals surface area contributed by atoms with E-state index in [1.807, 2.05) is 36.4 Å². The van der Waals surface area contributed by atoms with E-state index in [2.05, 4.69) is 0 Å². The number of allylic oxidation sites excluding steroid dienone is 2. The SMILES string of the molecule is O=C1C(=Cc2ccco2)CCCC1CC1CCCC(=Cc2ccco2)C1=O. The van der Waals surface area contributed by atoms with Gasteiger partial charge in [-0.25, -0.2) is 0 Å². The van der Waals surface area contributed by atoms with E-state index in [-0.39, 0.29) is 23.4 Å². The van der Waals surface area contributed by atoms with Crippen LogP contribution in [0.3, 0.4) is 0 Å². The Balaban J connectivity index is 1.46. The van der Waals surface area contributed by atoms with Gasteiger partial charge >= 0.3 is 0 Å². The third-order valence-corrected chi connectivity index (χ3v) is 5.66. The van der Waals surface area contributed by atoms with E-state index in [4.69, 9.17) is 8.83 Å². The molecule has 2 fully saturated rings. The van der Waals surface area contributed by atoms with Crippen LogP contribution < -0.4 is 0 Å². The van der Waals surface area contributed by atoms with Gasteiger partial charge in [0, 0.05) is 11.8 Å². The number of ketones is 2. The first-order valence-corrected chi connectivity index (χ1v) is 9.77. The molecule has 0 aliphatic heterocycles. The Kier molecular flexibility index (Phi) is 5.23. The molecular formula is C23H24O4. The Morgan fingerprint density at radius 2 is 1.30 bits per heavy atom. The normalized spacial score (nSPS) is 26.8. The molecule has 4 rings (SSSR count). The summed E-state index contributed by atoms with van der Waals surface area (Å²) in [5.41, 5.74) is 1.66. The molecule has 0 aromatic carbocycles. The molecule has 2 aliphatic rings. The summed E-state index contributed by atoms with van der Waals surface area (Å²) in [4.78, 5) is 25.8. The highest BCUT2D eigenvalue weighted by Crippen LogP contribution is 2.36. The van der Waals surface area contributed by atoms with Gasteiger partial charge in [0.25, 0.3) is 0 Å². The van der Waals surface area contributed by atoms with Crippen LogP contribution in [-0.4, -0.2) is 11.6 Å². The lowest BCUT2D eigenvalue weighted by atomic mass is 9.73. The Hall–Kier alpha value is -2.62. The predicted octanol–water partition coefficient (Wildman–Crippen LogP) is 5.47. The van der Waals surface area contributed by atoms with Gasteiger partial charge in [0.05, 0.1) is 12.5 Å². The molecule has 2 aliphatic carbocycles. The summed E-state index contributed by atoms with van der Waals surface area (Å²) >= 11 is 0. The van der Waals surface area contributed by atoms with E-state index in [9.17, 15) is 9.59 Å². The second-order valence-electron chi connectivity index (χ2n) is 7.51. The summed E-state index contributed by atoms with van der Waals surface area (Å²) < 4.78 is 10.7. The number of carbonyl (C=O) groups is 2. The van der Waals surface area contributed by atoms with Crippen molar-refractivity contribution in [3.05, 3.63) is 59.5 Å². The summed E-state index contributed by atoms with van der Waals surface area (Å²) in [5.74, 6) is 1.70. The molecule has 0 amide bonds. The Labute approximate surface area is 158 Å². The van der Waals surface area contributed by atoms with Crippen LogP contribution in [0.25, 0.3) is 12.2 Å². The average molecular weight is 364 g/mol. The number of hydrogen-bond donors (Lipinski definition) is 0. The molecule has 2 unspecified atom stereocenters. The first kappa shape index (κ1) is 17.8. The molecule has 27 heavy (non-hydrogen) atoms. The van der Waals surface area contributed by atoms with Crippen molar-refractivity contribution in [1.29, 1.82) is 0 Å².